The summed E-state index contributed by atoms with van der Waals surface area (Å²) in [4.78, 5) is 60.7. The minimum Gasteiger partial charge on any atom is -0.508 e. The van der Waals surface area contributed by atoms with Crippen LogP contribution in [0.1, 0.15) is 45.6 Å². The van der Waals surface area contributed by atoms with Crippen LogP contribution in [0.15, 0.2) is 24.3 Å². The molecule has 0 fully saturated rings. The zero-order chi connectivity index (χ0) is 28.3. The van der Waals surface area contributed by atoms with Gasteiger partial charge in [0.1, 0.15) is 23.9 Å². The molecule has 0 bridgehead atoms. The van der Waals surface area contributed by atoms with Crippen LogP contribution in [0.25, 0.3) is 0 Å². The number of aromatic hydroxyl groups is 1. The lowest BCUT2D eigenvalue weighted by molar-refractivity contribution is -0.144. The van der Waals surface area contributed by atoms with Crippen LogP contribution in [-0.4, -0.2) is 80.4 Å². The molecule has 0 aromatic heterocycles. The van der Waals surface area contributed by atoms with Gasteiger partial charge in [0.2, 0.25) is 17.7 Å². The van der Waals surface area contributed by atoms with E-state index in [1.54, 1.807) is 26.0 Å². The van der Waals surface area contributed by atoms with Crippen molar-refractivity contribution in [1.82, 2.24) is 16.0 Å². The Morgan fingerprint density at radius 3 is 1.92 bits per heavy atom. The Hall–Kier alpha value is -3.71. The first-order chi connectivity index (χ1) is 17.3. The lowest BCUT2D eigenvalue weighted by Gasteiger charge is -2.29. The van der Waals surface area contributed by atoms with Crippen molar-refractivity contribution in [3.8, 4) is 5.75 Å². The molecule has 1 aromatic carbocycles. The first kappa shape index (κ1) is 31.3. The maximum atomic E-state index is 13.1. The van der Waals surface area contributed by atoms with Crippen molar-refractivity contribution < 1.29 is 44.4 Å². The largest absolute Gasteiger partial charge is 0.508 e. The molecule has 6 atom stereocenters. The highest BCUT2D eigenvalue weighted by atomic mass is 16.4. The molecular formula is C24H36N4O9. The van der Waals surface area contributed by atoms with Crippen molar-refractivity contribution >= 4 is 29.7 Å². The number of aliphatic carboxylic acids is 2. The molecule has 0 radical (unpaired) electrons. The van der Waals surface area contributed by atoms with Gasteiger partial charge in [-0.05, 0) is 43.4 Å². The highest BCUT2D eigenvalue weighted by Crippen LogP contribution is 2.13. The van der Waals surface area contributed by atoms with E-state index in [1.807, 2.05) is 0 Å². The van der Waals surface area contributed by atoms with Gasteiger partial charge in [-0.15, -0.1) is 0 Å². The van der Waals surface area contributed by atoms with Crippen LogP contribution in [-0.2, 0) is 30.4 Å². The van der Waals surface area contributed by atoms with E-state index in [2.05, 4.69) is 16.0 Å². The summed E-state index contributed by atoms with van der Waals surface area (Å²) in [6, 6.07) is 0.839. The van der Waals surface area contributed by atoms with Gasteiger partial charge in [-0.25, -0.2) is 4.79 Å². The third kappa shape index (κ3) is 10.4. The number of phenolic OH excluding ortho intramolecular Hbond substituents is 1. The fourth-order valence-electron chi connectivity index (χ4n) is 3.38. The lowest BCUT2D eigenvalue weighted by atomic mass is 9.96. The summed E-state index contributed by atoms with van der Waals surface area (Å²) in [5.41, 5.74) is 6.69. The number of carbonyl (C=O) groups is 5. The molecule has 0 aliphatic rings. The molecule has 0 saturated carbocycles. The van der Waals surface area contributed by atoms with Gasteiger partial charge in [-0.1, -0.05) is 32.4 Å². The summed E-state index contributed by atoms with van der Waals surface area (Å²) in [7, 11) is 0. The van der Waals surface area contributed by atoms with Crippen LogP contribution in [0.2, 0.25) is 0 Å². The number of carboxylic acid groups (broad SMARTS) is 2. The van der Waals surface area contributed by atoms with Crippen LogP contribution in [0.4, 0.5) is 0 Å². The minimum absolute atomic E-state index is 0.0588. The summed E-state index contributed by atoms with van der Waals surface area (Å²) in [6.45, 7) is 4.69. The van der Waals surface area contributed by atoms with E-state index in [4.69, 9.17) is 10.8 Å². The number of nitrogens with two attached hydrogens (primary N) is 1. The van der Waals surface area contributed by atoms with Crippen LogP contribution in [0.3, 0.4) is 0 Å². The fraction of sp³-hybridized carbons (Fsp3) is 0.542. The fourth-order valence-corrected chi connectivity index (χ4v) is 3.38. The summed E-state index contributed by atoms with van der Waals surface area (Å²) in [6.07, 6.45) is -1.76. The summed E-state index contributed by atoms with van der Waals surface area (Å²) in [5.74, 6) is -5.52. The Bertz CT molecular complexity index is 952. The predicted molar refractivity (Wildman–Crippen MR) is 131 cm³/mol. The van der Waals surface area contributed by atoms with Crippen molar-refractivity contribution in [3.05, 3.63) is 29.8 Å². The predicted octanol–water partition coefficient (Wildman–Crippen LogP) is -0.907. The van der Waals surface area contributed by atoms with E-state index >= 15 is 0 Å². The molecule has 0 saturated heterocycles. The number of benzene rings is 1. The quantitative estimate of drug-likeness (QED) is 0.141. The number of phenols is 1. The second-order valence-corrected chi connectivity index (χ2v) is 8.91. The molecule has 13 heteroatoms. The Morgan fingerprint density at radius 2 is 1.43 bits per heavy atom. The Balaban J connectivity index is 2.95. The molecule has 9 N–H and O–H groups in total. The summed E-state index contributed by atoms with van der Waals surface area (Å²) in [5, 5.41) is 44.6. The SMILES string of the molecule is CCC(C)C(NC(=O)C(N)Cc1ccc(O)cc1)C(=O)NC(C(=O)NC(CCC(=O)O)C(=O)O)C(C)O. The second-order valence-electron chi connectivity index (χ2n) is 8.91. The lowest BCUT2D eigenvalue weighted by Crippen LogP contribution is -2.61. The number of carboxylic acids is 2. The van der Waals surface area contributed by atoms with Crippen LogP contribution < -0.4 is 21.7 Å². The van der Waals surface area contributed by atoms with Gasteiger partial charge in [0.15, 0.2) is 0 Å². The third-order valence-corrected chi connectivity index (χ3v) is 5.85. The van der Waals surface area contributed by atoms with Gasteiger partial charge in [-0.2, -0.15) is 0 Å². The normalized spacial score (nSPS) is 15.8. The number of rotatable bonds is 15. The van der Waals surface area contributed by atoms with Crippen molar-refractivity contribution in [2.45, 2.75) is 76.7 Å². The first-order valence-corrected chi connectivity index (χ1v) is 11.8. The molecule has 1 aromatic rings. The number of amides is 3. The molecule has 0 heterocycles. The number of aliphatic hydroxyl groups is 1. The Labute approximate surface area is 214 Å². The van der Waals surface area contributed by atoms with Gasteiger partial charge in [0.25, 0.3) is 0 Å². The van der Waals surface area contributed by atoms with Gasteiger partial charge in [-0.3, -0.25) is 19.2 Å². The highest BCUT2D eigenvalue weighted by Gasteiger charge is 2.34. The second kappa shape index (κ2) is 14.8. The van der Waals surface area contributed by atoms with Gasteiger partial charge in [0, 0.05) is 6.42 Å². The molecule has 3 amide bonds. The van der Waals surface area contributed by atoms with Crippen molar-refractivity contribution in [2.75, 3.05) is 0 Å². The molecular weight excluding hydrogens is 488 g/mol. The molecule has 0 spiro atoms. The van der Waals surface area contributed by atoms with Crippen LogP contribution in [0, 0.1) is 5.92 Å². The van der Waals surface area contributed by atoms with E-state index < -0.39 is 78.7 Å². The Morgan fingerprint density at radius 1 is 0.892 bits per heavy atom. The average Bonchev–Trinajstić information content (AvgIpc) is 2.83. The van der Waals surface area contributed by atoms with Crippen molar-refractivity contribution in [3.63, 3.8) is 0 Å². The monoisotopic (exact) mass is 524 g/mol. The van der Waals surface area contributed by atoms with Gasteiger partial charge >= 0.3 is 11.9 Å². The van der Waals surface area contributed by atoms with E-state index in [1.165, 1.54) is 19.1 Å². The maximum Gasteiger partial charge on any atom is 0.326 e. The zero-order valence-electron chi connectivity index (χ0n) is 21.0. The molecule has 13 nitrogen and oxygen atoms in total. The highest BCUT2D eigenvalue weighted by molar-refractivity contribution is 5.94. The third-order valence-electron chi connectivity index (χ3n) is 5.85. The molecule has 6 unspecified atom stereocenters. The topological polar surface area (TPSA) is 228 Å². The molecule has 0 aliphatic heterocycles. The van der Waals surface area contributed by atoms with E-state index in [9.17, 15) is 39.3 Å². The van der Waals surface area contributed by atoms with Crippen LogP contribution in [0.5, 0.6) is 5.75 Å². The standard InChI is InChI=1S/C24H36N4O9/c1-4-12(2)19(27-21(33)16(25)11-14-5-7-15(30)8-6-14)22(34)28-20(13(3)29)23(35)26-17(24(36)37)9-10-18(31)32/h5-8,12-13,16-17,19-20,29-30H,4,9-11,25H2,1-3H3,(H,26,35)(H,27,33)(H,28,34)(H,31,32)(H,36,37). The Kier molecular flexibility index (Phi) is 12.5. The smallest absolute Gasteiger partial charge is 0.326 e. The first-order valence-electron chi connectivity index (χ1n) is 11.8. The molecule has 1 rings (SSSR count). The number of aliphatic hydroxyl groups excluding tert-OH is 1. The van der Waals surface area contributed by atoms with Crippen molar-refractivity contribution in [1.29, 1.82) is 0 Å². The minimum atomic E-state index is -1.58. The van der Waals surface area contributed by atoms with E-state index in [-0.39, 0.29) is 12.2 Å². The van der Waals surface area contributed by atoms with Gasteiger partial charge in [0.05, 0.1) is 12.1 Å². The number of nitrogens with one attached hydrogen (secondary N) is 3. The molecule has 37 heavy (non-hydrogen) atoms. The van der Waals surface area contributed by atoms with Crippen molar-refractivity contribution in [2.24, 2.45) is 11.7 Å². The maximum absolute atomic E-state index is 13.1. The average molecular weight is 525 g/mol. The molecule has 206 valence electrons. The van der Waals surface area contributed by atoms with E-state index in [0.717, 1.165) is 0 Å². The summed E-state index contributed by atoms with van der Waals surface area (Å²) >= 11 is 0. The number of hydrogen-bond acceptors (Lipinski definition) is 8. The van der Waals surface area contributed by atoms with Gasteiger partial charge < -0.3 is 42.1 Å². The number of hydrogen-bond donors (Lipinski definition) is 8. The molecule has 0 aliphatic carbocycles. The number of carbonyl (C=O) groups excluding carboxylic acids is 3. The van der Waals surface area contributed by atoms with Crippen LogP contribution >= 0.6 is 0 Å². The van der Waals surface area contributed by atoms with E-state index in [0.29, 0.717) is 12.0 Å². The summed E-state index contributed by atoms with van der Waals surface area (Å²) < 4.78 is 0. The zero-order valence-corrected chi connectivity index (χ0v) is 21.0.